The smallest absolute Gasteiger partial charge is 0.245 e. The third kappa shape index (κ3) is 5.71. The number of carbonyl (C=O) groups is 2. The van der Waals surface area contributed by atoms with Crippen molar-refractivity contribution in [2.45, 2.75) is 51.5 Å². The summed E-state index contributed by atoms with van der Waals surface area (Å²) in [6.45, 7) is 5.58. The maximum atomic E-state index is 13.1. The van der Waals surface area contributed by atoms with Crippen molar-refractivity contribution in [2.24, 2.45) is 5.92 Å². The number of aryl methyl sites for hydroxylation is 1. The zero-order chi connectivity index (χ0) is 21.6. The molecule has 31 heavy (non-hydrogen) atoms. The molecule has 1 unspecified atom stereocenters. The number of hydrogen-bond acceptors (Lipinski definition) is 7. The average Bonchev–Trinajstić information content (AvgIpc) is 3.54. The number of hydrogen-bond donors (Lipinski definition) is 1. The van der Waals surface area contributed by atoms with Crippen molar-refractivity contribution in [1.29, 1.82) is 0 Å². The van der Waals surface area contributed by atoms with Gasteiger partial charge in [-0.2, -0.15) is 4.98 Å². The van der Waals surface area contributed by atoms with E-state index in [1.54, 1.807) is 11.3 Å². The monoisotopic (exact) mass is 445 g/mol. The molecule has 2 aromatic rings. The van der Waals surface area contributed by atoms with Crippen LogP contribution in [0.4, 0.5) is 0 Å². The van der Waals surface area contributed by atoms with Crippen molar-refractivity contribution in [2.75, 3.05) is 32.7 Å². The SMILES string of the molecule is CC(=O)NC(C(=O)N1CCN(CCCc2nc(-c3cccs3)no2)CC1)C1CCCC1. The first-order valence-corrected chi connectivity index (χ1v) is 12.1. The second kappa shape index (κ2) is 10.4. The van der Waals surface area contributed by atoms with Crippen molar-refractivity contribution in [3.63, 3.8) is 0 Å². The van der Waals surface area contributed by atoms with Gasteiger partial charge < -0.3 is 14.7 Å². The summed E-state index contributed by atoms with van der Waals surface area (Å²) in [5, 5.41) is 8.99. The fraction of sp³-hybridized carbons (Fsp3) is 0.636. The molecule has 1 N–H and O–H groups in total. The van der Waals surface area contributed by atoms with E-state index in [-0.39, 0.29) is 23.8 Å². The van der Waals surface area contributed by atoms with Crippen LogP contribution in [0.1, 0.15) is 44.9 Å². The molecule has 4 rings (SSSR count). The van der Waals surface area contributed by atoms with E-state index in [1.807, 2.05) is 22.4 Å². The second-order valence-electron chi connectivity index (χ2n) is 8.48. The van der Waals surface area contributed by atoms with Gasteiger partial charge in [-0.3, -0.25) is 14.5 Å². The van der Waals surface area contributed by atoms with E-state index in [1.165, 1.54) is 6.92 Å². The van der Waals surface area contributed by atoms with Crippen LogP contribution in [-0.2, 0) is 16.0 Å². The standard InChI is InChI=1S/C22H31N5O3S/c1-16(28)23-20(17-6-2-3-7-17)22(29)27-13-11-26(12-14-27)10-4-9-19-24-21(25-30-19)18-8-5-15-31-18/h5,8,15,17,20H,2-4,6-7,9-14H2,1H3,(H,23,28). The molecule has 0 aromatic carbocycles. The van der Waals surface area contributed by atoms with Gasteiger partial charge in [0.2, 0.25) is 23.5 Å². The Morgan fingerprint density at radius 1 is 1.26 bits per heavy atom. The van der Waals surface area contributed by atoms with E-state index >= 15 is 0 Å². The minimum absolute atomic E-state index is 0.0914. The van der Waals surface area contributed by atoms with Crippen LogP contribution in [-0.4, -0.2) is 70.5 Å². The van der Waals surface area contributed by atoms with E-state index < -0.39 is 0 Å². The molecule has 9 heteroatoms. The van der Waals surface area contributed by atoms with Crippen LogP contribution in [0.15, 0.2) is 22.0 Å². The molecular weight excluding hydrogens is 414 g/mol. The summed E-state index contributed by atoms with van der Waals surface area (Å²) in [5.74, 6) is 1.59. The fourth-order valence-electron chi connectivity index (χ4n) is 4.60. The number of thiophene rings is 1. The minimum Gasteiger partial charge on any atom is -0.344 e. The molecule has 3 heterocycles. The summed E-state index contributed by atoms with van der Waals surface area (Å²) in [6, 6.07) is 3.61. The number of aromatic nitrogens is 2. The zero-order valence-corrected chi connectivity index (χ0v) is 18.9. The van der Waals surface area contributed by atoms with Gasteiger partial charge in [0.05, 0.1) is 4.88 Å². The van der Waals surface area contributed by atoms with Gasteiger partial charge in [-0.25, -0.2) is 0 Å². The Labute approximate surface area is 187 Å². The summed E-state index contributed by atoms with van der Waals surface area (Å²) in [6.07, 6.45) is 6.05. The van der Waals surface area contributed by atoms with E-state index in [2.05, 4.69) is 20.4 Å². The Kier molecular flexibility index (Phi) is 7.34. The lowest BCUT2D eigenvalue weighted by Crippen LogP contribution is -2.56. The number of nitrogens with zero attached hydrogens (tertiary/aromatic N) is 4. The van der Waals surface area contributed by atoms with Gasteiger partial charge in [0.25, 0.3) is 0 Å². The van der Waals surface area contributed by atoms with Crippen LogP contribution in [0.5, 0.6) is 0 Å². The zero-order valence-electron chi connectivity index (χ0n) is 18.1. The number of piperazine rings is 1. The molecule has 1 aliphatic heterocycles. The first-order valence-electron chi connectivity index (χ1n) is 11.2. The summed E-state index contributed by atoms with van der Waals surface area (Å²) >= 11 is 1.60. The number of nitrogens with one attached hydrogen (secondary N) is 1. The second-order valence-corrected chi connectivity index (χ2v) is 9.43. The van der Waals surface area contributed by atoms with Crippen molar-refractivity contribution in [3.8, 4) is 10.7 Å². The number of amides is 2. The Morgan fingerprint density at radius 2 is 2.03 bits per heavy atom. The van der Waals surface area contributed by atoms with Crippen molar-refractivity contribution < 1.29 is 14.1 Å². The maximum absolute atomic E-state index is 13.1. The lowest BCUT2D eigenvalue weighted by Gasteiger charge is -2.37. The minimum atomic E-state index is -0.360. The Morgan fingerprint density at radius 3 is 2.71 bits per heavy atom. The topological polar surface area (TPSA) is 91.6 Å². The largest absolute Gasteiger partial charge is 0.344 e. The molecule has 1 saturated carbocycles. The number of rotatable bonds is 8. The first-order chi connectivity index (χ1) is 15.1. The van der Waals surface area contributed by atoms with Crippen molar-refractivity contribution >= 4 is 23.2 Å². The molecule has 1 atom stereocenters. The molecule has 0 spiro atoms. The molecular formula is C22H31N5O3S. The van der Waals surface area contributed by atoms with Gasteiger partial charge in [0.1, 0.15) is 6.04 Å². The molecule has 0 radical (unpaired) electrons. The van der Waals surface area contributed by atoms with Gasteiger partial charge in [-0.15, -0.1) is 11.3 Å². The highest BCUT2D eigenvalue weighted by atomic mass is 32.1. The first kappa shape index (κ1) is 22.0. The highest BCUT2D eigenvalue weighted by Gasteiger charge is 2.35. The van der Waals surface area contributed by atoms with Crippen LogP contribution in [0.25, 0.3) is 10.7 Å². The van der Waals surface area contributed by atoms with Gasteiger partial charge in [0.15, 0.2) is 0 Å². The third-order valence-electron chi connectivity index (χ3n) is 6.25. The van der Waals surface area contributed by atoms with Crippen LogP contribution in [0.3, 0.4) is 0 Å². The lowest BCUT2D eigenvalue weighted by atomic mass is 9.96. The molecule has 2 aliphatic rings. The molecule has 2 amide bonds. The quantitative estimate of drug-likeness (QED) is 0.672. The van der Waals surface area contributed by atoms with Crippen molar-refractivity contribution in [1.82, 2.24) is 25.3 Å². The van der Waals surface area contributed by atoms with Crippen LogP contribution in [0, 0.1) is 5.92 Å². The molecule has 1 saturated heterocycles. The van der Waals surface area contributed by atoms with Gasteiger partial charge >= 0.3 is 0 Å². The van der Waals surface area contributed by atoms with E-state index in [9.17, 15) is 9.59 Å². The summed E-state index contributed by atoms with van der Waals surface area (Å²) < 4.78 is 5.37. The normalized spacial score (nSPS) is 18.9. The Balaban J connectivity index is 1.21. The van der Waals surface area contributed by atoms with E-state index in [0.29, 0.717) is 24.8 Å². The molecule has 1 aliphatic carbocycles. The van der Waals surface area contributed by atoms with E-state index in [4.69, 9.17) is 4.52 Å². The third-order valence-corrected chi connectivity index (χ3v) is 7.12. The molecule has 2 fully saturated rings. The van der Waals surface area contributed by atoms with E-state index in [0.717, 1.165) is 63.0 Å². The summed E-state index contributed by atoms with van der Waals surface area (Å²) in [5.41, 5.74) is 0. The molecule has 2 aromatic heterocycles. The predicted octanol–water partition coefficient (Wildman–Crippen LogP) is 2.57. The van der Waals surface area contributed by atoms with Crippen LogP contribution in [0.2, 0.25) is 0 Å². The molecule has 168 valence electrons. The summed E-state index contributed by atoms with van der Waals surface area (Å²) in [4.78, 5) is 34.5. The predicted molar refractivity (Wildman–Crippen MR) is 119 cm³/mol. The molecule has 8 nitrogen and oxygen atoms in total. The van der Waals surface area contributed by atoms with Gasteiger partial charge in [-0.1, -0.05) is 24.1 Å². The maximum Gasteiger partial charge on any atom is 0.245 e. The van der Waals surface area contributed by atoms with Gasteiger partial charge in [-0.05, 0) is 43.2 Å². The number of carbonyl (C=O) groups excluding carboxylic acids is 2. The Hall–Kier alpha value is -2.26. The van der Waals surface area contributed by atoms with Crippen LogP contribution >= 0.6 is 11.3 Å². The fourth-order valence-corrected chi connectivity index (χ4v) is 5.24. The Bertz CT molecular complexity index is 854. The van der Waals surface area contributed by atoms with Crippen LogP contribution < -0.4 is 5.32 Å². The highest BCUT2D eigenvalue weighted by molar-refractivity contribution is 7.13. The lowest BCUT2D eigenvalue weighted by molar-refractivity contribution is -0.139. The average molecular weight is 446 g/mol. The summed E-state index contributed by atoms with van der Waals surface area (Å²) in [7, 11) is 0. The van der Waals surface area contributed by atoms with Gasteiger partial charge in [0, 0.05) is 39.5 Å². The molecule has 0 bridgehead atoms. The highest BCUT2D eigenvalue weighted by Crippen LogP contribution is 2.29. The van der Waals surface area contributed by atoms with Crippen molar-refractivity contribution in [3.05, 3.63) is 23.4 Å².